The van der Waals surface area contributed by atoms with E-state index < -0.39 is 268 Å². The molecule has 0 radical (unpaired) electrons. The number of carboxylic acids is 1. The van der Waals surface area contributed by atoms with E-state index >= 15 is 4.79 Å². The number of nitrogens with one attached hydrogen (secondary N) is 5. The summed E-state index contributed by atoms with van der Waals surface area (Å²) in [5.41, 5.74) is -6.84. The zero-order valence-corrected chi connectivity index (χ0v) is 62.1. The second kappa shape index (κ2) is 36.3. The average Bonchev–Trinajstić information content (AvgIpc) is 1.64. The van der Waals surface area contributed by atoms with E-state index in [9.17, 15) is 110 Å². The number of likely N-dealkylation sites (tertiary alicyclic amines) is 1. The van der Waals surface area contributed by atoms with E-state index in [0.29, 0.717) is 16.5 Å². The number of carbonyl (C=O) groups excluding carboxylic acids is 9. The van der Waals surface area contributed by atoms with Gasteiger partial charge < -0.3 is 150 Å². The van der Waals surface area contributed by atoms with Crippen molar-refractivity contribution in [1.29, 1.82) is 0 Å². The highest BCUT2D eigenvalue weighted by molar-refractivity contribution is 5.98. The molecule has 7 rings (SSSR count). The first-order valence-corrected chi connectivity index (χ1v) is 35.1. The van der Waals surface area contributed by atoms with Crippen LogP contribution in [0.4, 0.5) is 9.59 Å². The van der Waals surface area contributed by atoms with Crippen molar-refractivity contribution >= 4 is 70.5 Å². The second-order valence-corrected chi connectivity index (χ2v) is 30.9. The average molecular weight is 1560 g/mol. The number of nitrogens with zero attached hydrogens (tertiary/aromatic N) is 2. The number of aromatic nitrogens is 1. The van der Waals surface area contributed by atoms with E-state index in [1.165, 1.54) is 31.5 Å². The van der Waals surface area contributed by atoms with E-state index in [2.05, 4.69) is 26.6 Å². The van der Waals surface area contributed by atoms with E-state index in [1.54, 1.807) is 86.6 Å². The van der Waals surface area contributed by atoms with E-state index in [-0.39, 0.29) is 25.8 Å². The van der Waals surface area contributed by atoms with Crippen LogP contribution in [0.15, 0.2) is 30.5 Å². The zero-order chi connectivity index (χ0) is 81.5. The summed E-state index contributed by atoms with van der Waals surface area (Å²) in [7, 11) is 0. The molecule has 0 aliphatic carbocycles. The Labute approximate surface area is 624 Å². The Morgan fingerprint density at radius 3 is 1.82 bits per heavy atom. The third-order valence-electron chi connectivity index (χ3n) is 17.6. The van der Waals surface area contributed by atoms with E-state index in [4.69, 9.17) is 52.1 Å². The fraction of sp³-hybridized carbons (Fsp3) is 0.735. The van der Waals surface area contributed by atoms with Gasteiger partial charge in [-0.05, 0) is 108 Å². The molecule has 0 unspecified atom stereocenters. The highest BCUT2D eigenvalue weighted by atomic mass is 16.8. The van der Waals surface area contributed by atoms with Gasteiger partial charge in [0.1, 0.15) is 139 Å². The minimum Gasteiger partial charge on any atom is -0.479 e. The molecule has 18 N–H and O–H groups in total. The summed E-state index contributed by atoms with van der Waals surface area (Å²) < 4.78 is 62.0. The quantitative estimate of drug-likeness (QED) is 0.0308. The topological polar surface area (TPSA) is 604 Å². The standard InChI is InChI=1S/C68H103N7O34/c1-64(2,3)106-40(79)21-31(54(90)70-23-41(80)107-65(4,5)6)72-56(92)35-18-15-19-74(35)57(93)32(20-29-24-75(63(97)109-67(10,11)12)34-17-14-13-16-30(29)34)71-39(78)22-69-55(91)33(73-62(96)108-66(7,8)9)27-99-59-47(86)42(81)38(28-100-59)103-60-48(87)49(43(82)36(25-76)101-60)105-61-52(89)68(98,51(88)37(26-77)102-61)53-46(85)44(83)45(84)50(104-53)58(94)95/h13-14,16-17,24,31-33,35-38,42-53,59-61,76-77,81-89,98H,15,18-23,25-28H2,1-12H3,(H,69,91)(H,70,90)(H,71,78)(H,72,92)(H,73,96)(H,94,95)/t31-,32-,33-,35-,36+,37+,38+,42-,43-,44-,45-,46+,47+,48+,49-,50-,51-,52-,53+,59+,60-,61-,68-/m0/s1. The number of amides is 6. The number of hydrogen-bond donors (Lipinski definition) is 18. The molecule has 5 saturated heterocycles. The molecule has 109 heavy (non-hydrogen) atoms. The molecule has 5 aliphatic heterocycles. The normalized spacial score (nSPS) is 31.2. The molecule has 23 atom stereocenters. The third kappa shape index (κ3) is 22.6. The lowest BCUT2D eigenvalue weighted by atomic mass is 9.74. The Kier molecular flexibility index (Phi) is 29.6. The van der Waals surface area contributed by atoms with Crippen LogP contribution < -0.4 is 26.6 Å². The van der Waals surface area contributed by atoms with Crippen molar-refractivity contribution in [3.63, 3.8) is 0 Å². The predicted octanol–water partition coefficient (Wildman–Crippen LogP) is -6.46. The lowest BCUT2D eigenvalue weighted by molar-refractivity contribution is -0.398. The van der Waals surface area contributed by atoms with Gasteiger partial charge in [0.2, 0.25) is 29.5 Å². The number of rotatable bonds is 26. The maximum Gasteiger partial charge on any atom is 0.419 e. The van der Waals surface area contributed by atoms with Gasteiger partial charge in [-0.3, -0.25) is 38.1 Å². The number of carbonyl (C=O) groups is 10. The molecule has 2 aromatic rings. The van der Waals surface area contributed by atoms with Gasteiger partial charge >= 0.3 is 30.1 Å². The number of alkyl carbamates (subject to hydrolysis) is 1. The fourth-order valence-electron chi connectivity index (χ4n) is 12.6. The number of benzene rings is 1. The van der Waals surface area contributed by atoms with E-state index in [0.717, 1.165) is 4.90 Å². The van der Waals surface area contributed by atoms with Crippen LogP contribution in [0.1, 0.15) is 108 Å². The zero-order valence-electron chi connectivity index (χ0n) is 62.1. The highest BCUT2D eigenvalue weighted by Gasteiger charge is 2.66. The van der Waals surface area contributed by atoms with Crippen LogP contribution >= 0.6 is 0 Å². The monoisotopic (exact) mass is 1560 g/mol. The lowest BCUT2D eigenvalue weighted by Gasteiger charge is -2.55. The number of fused-ring (bicyclic) bond motifs is 1. The summed E-state index contributed by atoms with van der Waals surface area (Å²) in [5, 5.41) is 155. The SMILES string of the molecule is CC(C)(C)OC(=O)CNC(=O)[C@H](CC(=O)OC(C)(C)C)NC(=O)[C@@H]1CCCN1C(=O)[C@H](Cc1cn(C(=O)OC(C)(C)C)c2ccccc12)NC(=O)CNC(=O)[C@H](CO[C@@H]1OC[C@@H](O[C@@H]2O[C@H](CO)[C@H](O)[C@H](O[C@@H]3O[C@H](CO)[C@H](O)[C@@](O)([C@@H]4O[C@H](C(=O)O)[C@@H](O)[C@H](O)[C@H]4O)[C@H]3O)[C@H]2O)[C@H](O)[C@H]1O)NC(=O)OC(C)(C)C. The maximum absolute atomic E-state index is 15.2. The van der Waals surface area contributed by atoms with Gasteiger partial charge in [-0.25, -0.2) is 14.4 Å². The molecule has 0 bridgehead atoms. The first kappa shape index (κ1) is 88.7. The van der Waals surface area contributed by atoms with Crippen molar-refractivity contribution < 1.29 is 166 Å². The molecule has 614 valence electrons. The molecular weight excluding hydrogens is 1460 g/mol. The van der Waals surface area contributed by atoms with Gasteiger partial charge in [0.25, 0.3) is 0 Å². The van der Waals surface area contributed by atoms with E-state index in [1.807, 2.05) is 0 Å². The second-order valence-electron chi connectivity index (χ2n) is 30.9. The minimum atomic E-state index is -3.37. The smallest absolute Gasteiger partial charge is 0.419 e. The molecule has 41 nitrogen and oxygen atoms in total. The number of ether oxygens (including phenoxy) is 11. The van der Waals surface area contributed by atoms with Crippen LogP contribution in [0.3, 0.4) is 0 Å². The Morgan fingerprint density at radius 1 is 0.606 bits per heavy atom. The van der Waals surface area contributed by atoms with Gasteiger partial charge in [-0.2, -0.15) is 0 Å². The molecule has 41 heteroatoms. The fourth-order valence-corrected chi connectivity index (χ4v) is 12.6. The number of esters is 2. The number of aliphatic carboxylic acids is 1. The summed E-state index contributed by atoms with van der Waals surface area (Å²) in [5.74, 6) is -8.67. The Balaban J connectivity index is 1.07. The van der Waals surface area contributed by atoms with Gasteiger partial charge in [-0.1, -0.05) is 18.2 Å². The van der Waals surface area contributed by atoms with Crippen LogP contribution in [-0.4, -0.2) is 344 Å². The molecule has 5 fully saturated rings. The first-order chi connectivity index (χ1) is 50.6. The number of aliphatic hydroxyl groups is 12. The third-order valence-corrected chi connectivity index (χ3v) is 17.6. The van der Waals surface area contributed by atoms with Gasteiger partial charge in [0.05, 0.1) is 44.9 Å². The summed E-state index contributed by atoms with van der Waals surface area (Å²) >= 11 is 0. The van der Waals surface area contributed by atoms with Crippen LogP contribution in [0.5, 0.6) is 0 Å². The van der Waals surface area contributed by atoms with Crippen molar-refractivity contribution in [2.75, 3.05) is 46.1 Å². The predicted molar refractivity (Wildman–Crippen MR) is 364 cm³/mol. The highest BCUT2D eigenvalue weighted by Crippen LogP contribution is 2.41. The Morgan fingerprint density at radius 2 is 1.20 bits per heavy atom. The number of carboxylic acid groups (broad SMARTS) is 1. The molecule has 6 amide bonds. The molecule has 1 aromatic heterocycles. The molecule has 6 heterocycles. The van der Waals surface area contributed by atoms with Gasteiger partial charge in [-0.15, -0.1) is 0 Å². The maximum atomic E-state index is 15.2. The van der Waals surface area contributed by atoms with Crippen molar-refractivity contribution in [1.82, 2.24) is 36.1 Å². The van der Waals surface area contributed by atoms with Gasteiger partial charge in [0.15, 0.2) is 30.6 Å². The summed E-state index contributed by atoms with van der Waals surface area (Å²) in [6.07, 6.45) is -41.7. The molecule has 5 aliphatic rings. The Bertz CT molecular complexity index is 3540. The minimum absolute atomic E-state index is 0.000973. The first-order valence-electron chi connectivity index (χ1n) is 35.1. The largest absolute Gasteiger partial charge is 0.479 e. The van der Waals surface area contributed by atoms with Crippen LogP contribution in [0.2, 0.25) is 0 Å². The van der Waals surface area contributed by atoms with Crippen molar-refractivity contribution in [2.24, 2.45) is 0 Å². The molecular formula is C68H103N7O34. The molecule has 0 spiro atoms. The van der Waals surface area contributed by atoms with Crippen LogP contribution in [0, 0.1) is 0 Å². The van der Waals surface area contributed by atoms with Crippen molar-refractivity contribution in [3.05, 3.63) is 36.0 Å². The molecule has 1 aromatic carbocycles. The molecule has 0 saturated carbocycles. The van der Waals surface area contributed by atoms with Crippen molar-refractivity contribution in [2.45, 2.75) is 271 Å². The Hall–Kier alpha value is -7.50. The summed E-state index contributed by atoms with van der Waals surface area (Å²) in [6.45, 7) is 13.2. The van der Waals surface area contributed by atoms with Crippen molar-refractivity contribution in [3.8, 4) is 0 Å². The number of hydrogen-bond acceptors (Lipinski definition) is 33. The number of aliphatic hydroxyl groups excluding tert-OH is 11. The van der Waals surface area contributed by atoms with Gasteiger partial charge in [0, 0.05) is 24.5 Å². The summed E-state index contributed by atoms with van der Waals surface area (Å²) in [4.78, 5) is 138. The summed E-state index contributed by atoms with van der Waals surface area (Å²) in [6, 6.07) is 0.0364. The van der Waals surface area contributed by atoms with Crippen LogP contribution in [-0.2, 0) is 96.9 Å². The van der Waals surface area contributed by atoms with Crippen LogP contribution in [0.25, 0.3) is 10.9 Å². The lowest BCUT2D eigenvalue weighted by Crippen LogP contribution is -2.78. The number of para-hydroxylation sites is 1.